The first-order valence-electron chi connectivity index (χ1n) is 6.01. The van der Waals surface area contributed by atoms with E-state index in [1.807, 2.05) is 11.3 Å². The van der Waals surface area contributed by atoms with Gasteiger partial charge in [-0.25, -0.2) is 0 Å². The lowest BCUT2D eigenvalue weighted by molar-refractivity contribution is 0.283. The summed E-state index contributed by atoms with van der Waals surface area (Å²) in [7, 11) is 0. The molecule has 0 aliphatic heterocycles. The van der Waals surface area contributed by atoms with Crippen LogP contribution in [0.1, 0.15) is 49.0 Å². The lowest BCUT2D eigenvalue weighted by Gasteiger charge is -2.33. The molecule has 0 radical (unpaired) electrons. The van der Waals surface area contributed by atoms with Gasteiger partial charge < -0.3 is 5.73 Å². The van der Waals surface area contributed by atoms with Crippen LogP contribution in [0.3, 0.4) is 0 Å². The molecule has 1 aromatic rings. The standard InChI is InChI=1S/C13H21NS/c1-3-10-4-5-13(14)12(7-10)11-6-9(2)15-8-11/h6,8,10,12-13H,3-5,7,14H2,1-2H3. The zero-order valence-electron chi connectivity index (χ0n) is 9.70. The maximum atomic E-state index is 6.24. The van der Waals surface area contributed by atoms with Crippen LogP contribution in [0.2, 0.25) is 0 Å². The Bertz CT molecular complexity index is 318. The summed E-state index contributed by atoms with van der Waals surface area (Å²) in [5, 5.41) is 2.30. The van der Waals surface area contributed by atoms with Crippen LogP contribution in [0, 0.1) is 12.8 Å². The van der Waals surface area contributed by atoms with E-state index in [1.165, 1.54) is 36.1 Å². The second kappa shape index (κ2) is 4.67. The van der Waals surface area contributed by atoms with E-state index >= 15 is 0 Å². The summed E-state index contributed by atoms with van der Waals surface area (Å²) in [6, 6.07) is 2.72. The van der Waals surface area contributed by atoms with Crippen molar-refractivity contribution >= 4 is 11.3 Å². The summed E-state index contributed by atoms with van der Waals surface area (Å²) in [6.07, 6.45) is 5.15. The molecule has 1 aliphatic carbocycles. The van der Waals surface area contributed by atoms with Gasteiger partial charge in [-0.3, -0.25) is 0 Å². The zero-order chi connectivity index (χ0) is 10.8. The van der Waals surface area contributed by atoms with Crippen LogP contribution in [0.25, 0.3) is 0 Å². The van der Waals surface area contributed by atoms with Gasteiger partial charge in [0.25, 0.3) is 0 Å². The molecule has 0 amide bonds. The minimum atomic E-state index is 0.391. The Balaban J connectivity index is 2.12. The van der Waals surface area contributed by atoms with Crippen molar-refractivity contribution in [2.45, 2.75) is 51.5 Å². The molecule has 1 aliphatic rings. The molecule has 2 rings (SSSR count). The number of thiophene rings is 1. The van der Waals surface area contributed by atoms with E-state index in [0.717, 1.165) is 5.92 Å². The molecule has 3 unspecified atom stereocenters. The van der Waals surface area contributed by atoms with Crippen LogP contribution in [0.4, 0.5) is 0 Å². The molecule has 15 heavy (non-hydrogen) atoms. The minimum absolute atomic E-state index is 0.391. The Morgan fingerprint density at radius 1 is 1.47 bits per heavy atom. The fourth-order valence-corrected chi connectivity index (χ4v) is 3.46. The first-order valence-corrected chi connectivity index (χ1v) is 6.89. The molecule has 1 saturated carbocycles. The Hall–Kier alpha value is -0.340. The quantitative estimate of drug-likeness (QED) is 0.813. The van der Waals surface area contributed by atoms with E-state index in [-0.39, 0.29) is 0 Å². The number of hydrogen-bond acceptors (Lipinski definition) is 2. The van der Waals surface area contributed by atoms with E-state index in [0.29, 0.717) is 12.0 Å². The molecule has 0 saturated heterocycles. The predicted octanol–water partition coefficient (Wildman–Crippen LogP) is 3.68. The third-order valence-electron chi connectivity index (χ3n) is 3.77. The average molecular weight is 223 g/mol. The van der Waals surface area contributed by atoms with Crippen LogP contribution in [-0.4, -0.2) is 6.04 Å². The summed E-state index contributed by atoms with van der Waals surface area (Å²) < 4.78 is 0. The van der Waals surface area contributed by atoms with E-state index in [9.17, 15) is 0 Å². The first kappa shape index (κ1) is 11.2. The van der Waals surface area contributed by atoms with E-state index in [1.54, 1.807) is 0 Å². The summed E-state index contributed by atoms with van der Waals surface area (Å²) in [6.45, 7) is 4.48. The first-order chi connectivity index (χ1) is 7.20. The maximum absolute atomic E-state index is 6.24. The molecule has 0 aromatic carbocycles. The molecule has 84 valence electrons. The molecule has 1 heterocycles. The minimum Gasteiger partial charge on any atom is -0.327 e. The van der Waals surface area contributed by atoms with Crippen LogP contribution >= 0.6 is 11.3 Å². The highest BCUT2D eigenvalue weighted by Gasteiger charge is 2.28. The second-order valence-corrected chi connectivity index (χ2v) is 5.96. The van der Waals surface area contributed by atoms with Crippen molar-refractivity contribution in [3.63, 3.8) is 0 Å². The summed E-state index contributed by atoms with van der Waals surface area (Å²) in [4.78, 5) is 1.41. The monoisotopic (exact) mass is 223 g/mol. The van der Waals surface area contributed by atoms with Crippen molar-refractivity contribution < 1.29 is 0 Å². The van der Waals surface area contributed by atoms with Crippen LogP contribution in [0.5, 0.6) is 0 Å². The molecule has 0 spiro atoms. The van der Waals surface area contributed by atoms with Gasteiger partial charge in [0.15, 0.2) is 0 Å². The summed E-state index contributed by atoms with van der Waals surface area (Å²) >= 11 is 1.85. The molecule has 2 heteroatoms. The maximum Gasteiger partial charge on any atom is 0.0108 e. The Morgan fingerprint density at radius 3 is 2.87 bits per heavy atom. The topological polar surface area (TPSA) is 26.0 Å². The molecule has 1 aromatic heterocycles. The van der Waals surface area contributed by atoms with E-state index in [4.69, 9.17) is 5.73 Å². The predicted molar refractivity (Wildman–Crippen MR) is 67.4 cm³/mol. The van der Waals surface area contributed by atoms with Gasteiger partial charge in [0, 0.05) is 16.8 Å². The van der Waals surface area contributed by atoms with Crippen molar-refractivity contribution in [1.82, 2.24) is 0 Å². The highest BCUT2D eigenvalue weighted by molar-refractivity contribution is 7.10. The third-order valence-corrected chi connectivity index (χ3v) is 4.65. The smallest absolute Gasteiger partial charge is 0.0108 e. The van der Waals surface area contributed by atoms with Crippen molar-refractivity contribution in [2.24, 2.45) is 11.7 Å². The normalized spacial score (nSPS) is 31.8. The SMILES string of the molecule is CCC1CCC(N)C(c2csc(C)c2)C1. The van der Waals surface area contributed by atoms with Crippen molar-refractivity contribution in [1.29, 1.82) is 0 Å². The molecular weight excluding hydrogens is 202 g/mol. The van der Waals surface area contributed by atoms with Crippen LogP contribution in [0.15, 0.2) is 11.4 Å². The Labute approximate surface area is 96.7 Å². The van der Waals surface area contributed by atoms with Gasteiger partial charge >= 0.3 is 0 Å². The van der Waals surface area contributed by atoms with Gasteiger partial charge in [0.05, 0.1) is 0 Å². The van der Waals surface area contributed by atoms with Gasteiger partial charge in [0.1, 0.15) is 0 Å². The molecule has 0 bridgehead atoms. The van der Waals surface area contributed by atoms with Gasteiger partial charge in [-0.05, 0) is 49.1 Å². The largest absolute Gasteiger partial charge is 0.327 e. The summed E-state index contributed by atoms with van der Waals surface area (Å²) in [5.74, 6) is 1.52. The Kier molecular flexibility index (Phi) is 3.47. The second-order valence-electron chi connectivity index (χ2n) is 4.85. The highest BCUT2D eigenvalue weighted by Crippen LogP contribution is 2.38. The molecule has 3 atom stereocenters. The lowest BCUT2D eigenvalue weighted by atomic mass is 9.75. The number of aryl methyl sites for hydroxylation is 1. The van der Waals surface area contributed by atoms with Crippen LogP contribution < -0.4 is 5.73 Å². The lowest BCUT2D eigenvalue weighted by Crippen LogP contribution is -2.34. The van der Waals surface area contributed by atoms with Gasteiger partial charge in [-0.15, -0.1) is 11.3 Å². The highest BCUT2D eigenvalue weighted by atomic mass is 32.1. The van der Waals surface area contributed by atoms with Gasteiger partial charge in [-0.1, -0.05) is 13.3 Å². The molecular formula is C13H21NS. The van der Waals surface area contributed by atoms with Gasteiger partial charge in [-0.2, -0.15) is 0 Å². The van der Waals surface area contributed by atoms with E-state index < -0.39 is 0 Å². The third kappa shape index (κ3) is 2.43. The molecule has 1 nitrogen and oxygen atoms in total. The summed E-state index contributed by atoms with van der Waals surface area (Å²) in [5.41, 5.74) is 7.73. The zero-order valence-corrected chi connectivity index (χ0v) is 10.5. The Morgan fingerprint density at radius 2 is 2.27 bits per heavy atom. The van der Waals surface area contributed by atoms with Crippen molar-refractivity contribution in [3.8, 4) is 0 Å². The van der Waals surface area contributed by atoms with E-state index in [2.05, 4.69) is 25.3 Å². The van der Waals surface area contributed by atoms with Crippen molar-refractivity contribution in [2.75, 3.05) is 0 Å². The number of rotatable bonds is 2. The van der Waals surface area contributed by atoms with Crippen LogP contribution in [-0.2, 0) is 0 Å². The van der Waals surface area contributed by atoms with Gasteiger partial charge in [0.2, 0.25) is 0 Å². The molecule has 2 N–H and O–H groups in total. The number of hydrogen-bond donors (Lipinski definition) is 1. The fraction of sp³-hybridized carbons (Fsp3) is 0.692. The van der Waals surface area contributed by atoms with Crippen molar-refractivity contribution in [3.05, 3.63) is 21.9 Å². The fourth-order valence-electron chi connectivity index (χ4n) is 2.69. The number of nitrogens with two attached hydrogens (primary N) is 1. The average Bonchev–Trinajstić information content (AvgIpc) is 2.65. The molecule has 1 fully saturated rings.